The van der Waals surface area contributed by atoms with Gasteiger partial charge in [-0.2, -0.15) is 5.10 Å². The molecule has 0 saturated carbocycles. The van der Waals surface area contributed by atoms with Crippen LogP contribution in [0.3, 0.4) is 0 Å². The molecule has 0 radical (unpaired) electrons. The molecule has 2 aromatic rings. The standard InChI is InChI=1S/C20H24BrN3O4/c1-24(2)15-8-6-14(7-9-15)19(28-5)20(25)23-22-12-13-10-16(26-3)18(21)17(11-13)27-4/h6-12,19H,1-5H3,(H,23,25)/b22-12+. The van der Waals surface area contributed by atoms with Gasteiger partial charge in [-0.15, -0.1) is 0 Å². The molecule has 2 rings (SSSR count). The molecular formula is C20H24BrN3O4. The maximum Gasteiger partial charge on any atom is 0.273 e. The molecule has 0 aliphatic heterocycles. The number of methoxy groups -OCH3 is 3. The molecule has 0 heterocycles. The Hall–Kier alpha value is -2.58. The first-order valence-corrected chi connectivity index (χ1v) is 9.25. The number of hydrogen-bond acceptors (Lipinski definition) is 6. The van der Waals surface area contributed by atoms with E-state index < -0.39 is 6.10 Å². The summed E-state index contributed by atoms with van der Waals surface area (Å²) in [4.78, 5) is 14.4. The fourth-order valence-electron chi connectivity index (χ4n) is 2.53. The van der Waals surface area contributed by atoms with Crippen LogP contribution < -0.4 is 19.8 Å². The van der Waals surface area contributed by atoms with E-state index in [2.05, 4.69) is 26.5 Å². The first kappa shape index (κ1) is 21.7. The molecule has 0 bridgehead atoms. The minimum atomic E-state index is -0.762. The van der Waals surface area contributed by atoms with E-state index in [-0.39, 0.29) is 5.91 Å². The van der Waals surface area contributed by atoms with Crippen LogP contribution >= 0.6 is 15.9 Å². The van der Waals surface area contributed by atoms with Crippen LogP contribution in [0.25, 0.3) is 0 Å². The maximum atomic E-state index is 12.5. The van der Waals surface area contributed by atoms with E-state index in [0.29, 0.717) is 21.5 Å². The van der Waals surface area contributed by atoms with Crippen LogP contribution in [0, 0.1) is 0 Å². The van der Waals surface area contributed by atoms with Gasteiger partial charge in [0.2, 0.25) is 0 Å². The van der Waals surface area contributed by atoms with Gasteiger partial charge in [-0.3, -0.25) is 4.79 Å². The van der Waals surface area contributed by atoms with Gasteiger partial charge in [-0.25, -0.2) is 5.43 Å². The Kier molecular flexibility index (Phi) is 7.83. The maximum absolute atomic E-state index is 12.5. The number of halogens is 1. The molecule has 0 saturated heterocycles. The Morgan fingerprint density at radius 2 is 1.68 bits per heavy atom. The van der Waals surface area contributed by atoms with Crippen LogP contribution in [-0.4, -0.2) is 47.5 Å². The SMILES string of the molecule is COc1cc(/C=N/NC(=O)C(OC)c2ccc(N(C)C)cc2)cc(OC)c1Br. The molecule has 1 atom stereocenters. The number of ether oxygens (including phenoxy) is 3. The Morgan fingerprint density at radius 1 is 1.11 bits per heavy atom. The molecular weight excluding hydrogens is 426 g/mol. The molecule has 7 nitrogen and oxygen atoms in total. The van der Waals surface area contributed by atoms with E-state index in [4.69, 9.17) is 14.2 Å². The summed E-state index contributed by atoms with van der Waals surface area (Å²) in [6.45, 7) is 0. The van der Waals surface area contributed by atoms with Gasteiger partial charge in [-0.05, 0) is 45.8 Å². The van der Waals surface area contributed by atoms with Crippen LogP contribution in [-0.2, 0) is 9.53 Å². The highest BCUT2D eigenvalue weighted by molar-refractivity contribution is 9.10. The van der Waals surface area contributed by atoms with Crippen molar-refractivity contribution in [1.82, 2.24) is 5.43 Å². The average molecular weight is 450 g/mol. The summed E-state index contributed by atoms with van der Waals surface area (Å²) in [5, 5.41) is 4.02. The molecule has 0 aliphatic carbocycles. The van der Waals surface area contributed by atoms with Crippen molar-refractivity contribution in [1.29, 1.82) is 0 Å². The molecule has 0 fully saturated rings. The van der Waals surface area contributed by atoms with Crippen molar-refractivity contribution in [3.8, 4) is 11.5 Å². The number of carbonyl (C=O) groups excluding carboxylic acids is 1. The smallest absolute Gasteiger partial charge is 0.273 e. The minimum Gasteiger partial charge on any atom is -0.495 e. The number of hydrogen-bond donors (Lipinski definition) is 1. The Balaban J connectivity index is 2.11. The summed E-state index contributed by atoms with van der Waals surface area (Å²) in [5.41, 5.74) is 5.00. The number of anilines is 1. The quantitative estimate of drug-likeness (QED) is 0.493. The highest BCUT2D eigenvalue weighted by atomic mass is 79.9. The van der Waals surface area contributed by atoms with Gasteiger partial charge >= 0.3 is 0 Å². The van der Waals surface area contributed by atoms with Gasteiger partial charge in [0.25, 0.3) is 5.91 Å². The summed E-state index contributed by atoms with van der Waals surface area (Å²) in [7, 11) is 8.52. The summed E-state index contributed by atoms with van der Waals surface area (Å²) < 4.78 is 16.6. The first-order valence-electron chi connectivity index (χ1n) is 8.45. The topological polar surface area (TPSA) is 72.4 Å². The Morgan fingerprint density at radius 3 is 2.14 bits per heavy atom. The van der Waals surface area contributed by atoms with Crippen molar-refractivity contribution in [2.24, 2.45) is 5.10 Å². The van der Waals surface area contributed by atoms with Crippen LogP contribution in [0.2, 0.25) is 0 Å². The second-order valence-corrected chi connectivity index (χ2v) is 6.87. The molecule has 1 amide bonds. The van der Waals surface area contributed by atoms with Crippen LogP contribution in [0.4, 0.5) is 5.69 Å². The average Bonchev–Trinajstić information content (AvgIpc) is 2.69. The highest BCUT2D eigenvalue weighted by Gasteiger charge is 2.19. The first-order chi connectivity index (χ1) is 13.4. The fourth-order valence-corrected chi connectivity index (χ4v) is 3.09. The van der Waals surface area contributed by atoms with Gasteiger partial charge < -0.3 is 19.1 Å². The number of nitrogens with one attached hydrogen (secondary N) is 1. The van der Waals surface area contributed by atoms with Gasteiger partial charge in [-0.1, -0.05) is 12.1 Å². The van der Waals surface area contributed by atoms with Crippen molar-refractivity contribution < 1.29 is 19.0 Å². The second-order valence-electron chi connectivity index (χ2n) is 6.08. The van der Waals surface area contributed by atoms with E-state index in [9.17, 15) is 4.79 Å². The summed E-state index contributed by atoms with van der Waals surface area (Å²) in [5.74, 6) is 0.832. The number of hydrazone groups is 1. The van der Waals surface area contributed by atoms with Crippen molar-refractivity contribution in [3.05, 3.63) is 52.0 Å². The number of amides is 1. The lowest BCUT2D eigenvalue weighted by Crippen LogP contribution is -2.26. The molecule has 0 spiro atoms. The third kappa shape index (κ3) is 5.24. The molecule has 1 N–H and O–H groups in total. The molecule has 2 aromatic carbocycles. The van der Waals surface area contributed by atoms with Crippen molar-refractivity contribution in [3.63, 3.8) is 0 Å². The largest absolute Gasteiger partial charge is 0.495 e. The summed E-state index contributed by atoms with van der Waals surface area (Å²) in [6, 6.07) is 11.1. The number of benzene rings is 2. The van der Waals surface area contributed by atoms with E-state index in [1.165, 1.54) is 13.3 Å². The summed E-state index contributed by atoms with van der Waals surface area (Å²) >= 11 is 3.41. The predicted molar refractivity (Wildman–Crippen MR) is 114 cm³/mol. The fraction of sp³-hybridized carbons (Fsp3) is 0.300. The predicted octanol–water partition coefficient (Wildman–Crippen LogP) is 3.37. The third-order valence-electron chi connectivity index (χ3n) is 4.04. The van der Waals surface area contributed by atoms with Crippen molar-refractivity contribution in [2.75, 3.05) is 40.3 Å². The second kappa shape index (κ2) is 10.1. The monoisotopic (exact) mass is 449 g/mol. The Bertz CT molecular complexity index is 813. The Labute approximate surface area is 173 Å². The molecule has 0 aliphatic rings. The molecule has 150 valence electrons. The zero-order valence-electron chi connectivity index (χ0n) is 16.5. The van der Waals surface area contributed by atoms with E-state index in [0.717, 1.165) is 11.3 Å². The van der Waals surface area contributed by atoms with Gasteiger partial charge in [0.05, 0.1) is 20.4 Å². The molecule has 28 heavy (non-hydrogen) atoms. The lowest BCUT2D eigenvalue weighted by molar-refractivity contribution is -0.131. The van der Waals surface area contributed by atoms with E-state index in [1.54, 1.807) is 26.4 Å². The van der Waals surface area contributed by atoms with E-state index in [1.807, 2.05) is 43.3 Å². The van der Waals surface area contributed by atoms with Crippen LogP contribution in [0.5, 0.6) is 11.5 Å². The normalized spacial score (nSPS) is 11.9. The van der Waals surface area contributed by atoms with Gasteiger partial charge in [0.1, 0.15) is 16.0 Å². The summed E-state index contributed by atoms with van der Waals surface area (Å²) in [6.07, 6.45) is 0.749. The number of carbonyl (C=O) groups is 1. The minimum absolute atomic E-state index is 0.368. The number of rotatable bonds is 8. The van der Waals surface area contributed by atoms with Crippen LogP contribution in [0.15, 0.2) is 46.0 Å². The third-order valence-corrected chi connectivity index (χ3v) is 4.82. The van der Waals surface area contributed by atoms with E-state index >= 15 is 0 Å². The molecule has 0 aromatic heterocycles. The number of nitrogens with zero attached hydrogens (tertiary/aromatic N) is 2. The van der Waals surface area contributed by atoms with Crippen LogP contribution in [0.1, 0.15) is 17.2 Å². The molecule has 1 unspecified atom stereocenters. The van der Waals surface area contributed by atoms with Crippen molar-refractivity contribution in [2.45, 2.75) is 6.10 Å². The molecule has 8 heteroatoms. The zero-order chi connectivity index (χ0) is 20.7. The lowest BCUT2D eigenvalue weighted by atomic mass is 10.1. The van der Waals surface area contributed by atoms with Gasteiger partial charge in [0.15, 0.2) is 6.10 Å². The lowest BCUT2D eigenvalue weighted by Gasteiger charge is -2.16. The highest BCUT2D eigenvalue weighted by Crippen LogP contribution is 2.35. The van der Waals surface area contributed by atoms with Crippen molar-refractivity contribution >= 4 is 33.7 Å². The van der Waals surface area contributed by atoms with Gasteiger partial charge in [0, 0.05) is 32.5 Å². The zero-order valence-corrected chi connectivity index (χ0v) is 18.1.